The third kappa shape index (κ3) is 4.22. The molecule has 4 heteroatoms. The Balaban J connectivity index is 1.38. The molecule has 0 amide bonds. The lowest BCUT2D eigenvalue weighted by atomic mass is 10.1. The van der Waals surface area contributed by atoms with Gasteiger partial charge in [0.1, 0.15) is 5.75 Å². The summed E-state index contributed by atoms with van der Waals surface area (Å²) >= 11 is 0. The van der Waals surface area contributed by atoms with E-state index < -0.39 is 0 Å². The smallest absolute Gasteiger partial charge is 0.122 e. The highest BCUT2D eigenvalue weighted by Crippen LogP contribution is 2.26. The van der Waals surface area contributed by atoms with Gasteiger partial charge >= 0.3 is 0 Å². The van der Waals surface area contributed by atoms with Crippen molar-refractivity contribution < 1.29 is 9.47 Å². The van der Waals surface area contributed by atoms with E-state index in [0.717, 1.165) is 45.0 Å². The van der Waals surface area contributed by atoms with Crippen LogP contribution in [0.3, 0.4) is 0 Å². The molecule has 1 saturated heterocycles. The van der Waals surface area contributed by atoms with Crippen LogP contribution in [0, 0.1) is 0 Å². The van der Waals surface area contributed by atoms with Gasteiger partial charge in [0, 0.05) is 52.3 Å². The van der Waals surface area contributed by atoms with Crippen LogP contribution in [-0.2, 0) is 17.6 Å². The third-order valence-electron chi connectivity index (χ3n) is 4.69. The molecule has 2 aliphatic rings. The van der Waals surface area contributed by atoms with E-state index in [1.165, 1.54) is 43.9 Å². The van der Waals surface area contributed by atoms with E-state index in [-0.39, 0.29) is 0 Å². The Morgan fingerprint density at radius 1 is 1.09 bits per heavy atom. The molecule has 1 fully saturated rings. The lowest BCUT2D eigenvalue weighted by Gasteiger charge is -2.34. The quantitative estimate of drug-likeness (QED) is 0.718. The van der Waals surface area contributed by atoms with E-state index in [9.17, 15) is 0 Å². The summed E-state index contributed by atoms with van der Waals surface area (Å²) in [6.45, 7) is 11.5. The Morgan fingerprint density at radius 3 is 2.64 bits per heavy atom. The predicted molar refractivity (Wildman–Crippen MR) is 88.7 cm³/mol. The minimum Gasteiger partial charge on any atom is -0.493 e. The third-order valence-corrected chi connectivity index (χ3v) is 4.69. The van der Waals surface area contributed by atoms with E-state index in [1.807, 2.05) is 0 Å². The van der Waals surface area contributed by atoms with Crippen LogP contribution >= 0.6 is 0 Å². The lowest BCUT2D eigenvalue weighted by molar-refractivity contribution is 0.0813. The van der Waals surface area contributed by atoms with Crippen LogP contribution in [0.15, 0.2) is 18.2 Å². The maximum atomic E-state index is 5.57. The summed E-state index contributed by atoms with van der Waals surface area (Å²) in [5.74, 6) is 1.09. The van der Waals surface area contributed by atoms with Crippen molar-refractivity contribution in [2.45, 2.75) is 19.8 Å². The highest BCUT2D eigenvalue weighted by Gasteiger charge is 2.17. The maximum Gasteiger partial charge on any atom is 0.122 e. The average molecular weight is 304 g/mol. The van der Waals surface area contributed by atoms with Crippen molar-refractivity contribution in [2.24, 2.45) is 0 Å². The number of nitrogens with zero attached hydrogens (tertiary/aromatic N) is 2. The summed E-state index contributed by atoms with van der Waals surface area (Å²) in [4.78, 5) is 5.10. The summed E-state index contributed by atoms with van der Waals surface area (Å²) in [5, 5.41) is 0. The minimum atomic E-state index is 0.825. The molecule has 0 N–H and O–H groups in total. The van der Waals surface area contributed by atoms with Crippen molar-refractivity contribution >= 4 is 0 Å². The number of piperazine rings is 1. The van der Waals surface area contributed by atoms with Gasteiger partial charge in [0.05, 0.1) is 13.2 Å². The van der Waals surface area contributed by atoms with Crippen LogP contribution in [0.25, 0.3) is 0 Å². The Labute approximate surface area is 134 Å². The number of hydrogen-bond acceptors (Lipinski definition) is 4. The second-order valence-corrected chi connectivity index (χ2v) is 6.17. The van der Waals surface area contributed by atoms with Gasteiger partial charge < -0.3 is 14.4 Å². The normalized spacial score (nSPS) is 19.1. The first-order valence-corrected chi connectivity index (χ1v) is 8.62. The Morgan fingerprint density at radius 2 is 1.86 bits per heavy atom. The number of ether oxygens (including phenoxy) is 2. The highest BCUT2D eigenvalue weighted by atomic mass is 16.5. The van der Waals surface area contributed by atoms with Crippen LogP contribution in [0.5, 0.6) is 5.75 Å². The average Bonchev–Trinajstić information content (AvgIpc) is 3.02. The Bertz CT molecular complexity index is 470. The molecule has 122 valence electrons. The fraction of sp³-hybridized carbons (Fsp3) is 0.667. The van der Waals surface area contributed by atoms with Crippen LogP contribution in [0.2, 0.25) is 0 Å². The maximum absolute atomic E-state index is 5.57. The molecule has 0 bridgehead atoms. The van der Waals surface area contributed by atoms with E-state index in [1.54, 1.807) is 0 Å². The molecule has 0 aromatic heterocycles. The Kier molecular flexibility index (Phi) is 5.70. The van der Waals surface area contributed by atoms with Crippen molar-refractivity contribution in [1.82, 2.24) is 9.80 Å². The number of benzene rings is 1. The van der Waals surface area contributed by atoms with Crippen molar-refractivity contribution in [3.8, 4) is 5.75 Å². The first-order chi connectivity index (χ1) is 10.8. The molecule has 0 unspecified atom stereocenters. The van der Waals surface area contributed by atoms with Gasteiger partial charge in [0.15, 0.2) is 0 Å². The molecule has 1 aromatic rings. The molecule has 0 radical (unpaired) electrons. The van der Waals surface area contributed by atoms with E-state index >= 15 is 0 Å². The summed E-state index contributed by atoms with van der Waals surface area (Å²) in [6, 6.07) is 6.70. The molecule has 0 atom stereocenters. The van der Waals surface area contributed by atoms with Gasteiger partial charge in [-0.05, 0) is 30.5 Å². The van der Waals surface area contributed by atoms with Crippen molar-refractivity contribution in [1.29, 1.82) is 0 Å². The number of rotatable bonds is 7. The molecule has 22 heavy (non-hydrogen) atoms. The first-order valence-electron chi connectivity index (χ1n) is 8.62. The van der Waals surface area contributed by atoms with E-state index in [2.05, 4.69) is 34.9 Å². The first kappa shape index (κ1) is 15.8. The molecule has 0 saturated carbocycles. The molecule has 1 aromatic carbocycles. The SMILES string of the molecule is CCOCCN1CCN(CCc2ccc3c(c2)CCO3)CC1. The molecular weight excluding hydrogens is 276 g/mol. The molecule has 3 rings (SSSR count). The van der Waals surface area contributed by atoms with Crippen LogP contribution < -0.4 is 4.74 Å². The Hall–Kier alpha value is -1.10. The second kappa shape index (κ2) is 7.95. The largest absolute Gasteiger partial charge is 0.493 e. The number of hydrogen-bond donors (Lipinski definition) is 0. The molecular formula is C18H28N2O2. The van der Waals surface area contributed by atoms with Crippen molar-refractivity contribution in [2.75, 3.05) is 59.1 Å². The standard InChI is InChI=1S/C18H28N2O2/c1-2-21-14-12-20-10-8-19(9-11-20)7-5-16-3-4-18-17(15-16)6-13-22-18/h3-4,15H,2,5-14H2,1H3. The molecule has 4 nitrogen and oxygen atoms in total. The zero-order chi connectivity index (χ0) is 15.2. The minimum absolute atomic E-state index is 0.825. The second-order valence-electron chi connectivity index (χ2n) is 6.17. The van der Waals surface area contributed by atoms with Crippen LogP contribution in [-0.4, -0.2) is 68.9 Å². The van der Waals surface area contributed by atoms with Gasteiger partial charge in [-0.15, -0.1) is 0 Å². The predicted octanol–water partition coefficient (Wildman–Crippen LogP) is 1.82. The zero-order valence-electron chi connectivity index (χ0n) is 13.7. The molecule has 0 spiro atoms. The van der Waals surface area contributed by atoms with Crippen molar-refractivity contribution in [3.63, 3.8) is 0 Å². The van der Waals surface area contributed by atoms with Gasteiger partial charge in [-0.2, -0.15) is 0 Å². The van der Waals surface area contributed by atoms with Gasteiger partial charge in [-0.1, -0.05) is 12.1 Å². The summed E-state index contributed by atoms with van der Waals surface area (Å²) in [5.41, 5.74) is 2.83. The van der Waals surface area contributed by atoms with Crippen LogP contribution in [0.4, 0.5) is 0 Å². The van der Waals surface area contributed by atoms with Gasteiger partial charge in [0.25, 0.3) is 0 Å². The lowest BCUT2D eigenvalue weighted by Crippen LogP contribution is -2.47. The summed E-state index contributed by atoms with van der Waals surface area (Å²) < 4.78 is 11.0. The monoisotopic (exact) mass is 304 g/mol. The fourth-order valence-electron chi connectivity index (χ4n) is 3.26. The topological polar surface area (TPSA) is 24.9 Å². The number of fused-ring (bicyclic) bond motifs is 1. The molecule has 2 aliphatic heterocycles. The van der Waals surface area contributed by atoms with Crippen LogP contribution in [0.1, 0.15) is 18.1 Å². The highest BCUT2D eigenvalue weighted by molar-refractivity contribution is 5.39. The van der Waals surface area contributed by atoms with E-state index in [4.69, 9.17) is 9.47 Å². The summed E-state index contributed by atoms with van der Waals surface area (Å²) in [6.07, 6.45) is 2.22. The van der Waals surface area contributed by atoms with Crippen molar-refractivity contribution in [3.05, 3.63) is 29.3 Å². The van der Waals surface area contributed by atoms with E-state index in [0.29, 0.717) is 0 Å². The molecule has 2 heterocycles. The zero-order valence-corrected chi connectivity index (χ0v) is 13.7. The van der Waals surface area contributed by atoms with Gasteiger partial charge in [-0.25, -0.2) is 0 Å². The summed E-state index contributed by atoms with van der Waals surface area (Å²) in [7, 11) is 0. The van der Waals surface area contributed by atoms with Gasteiger partial charge in [0.2, 0.25) is 0 Å². The molecule has 0 aliphatic carbocycles. The fourth-order valence-corrected chi connectivity index (χ4v) is 3.26. The van der Waals surface area contributed by atoms with Gasteiger partial charge in [-0.3, -0.25) is 4.90 Å².